The van der Waals surface area contributed by atoms with E-state index in [-0.39, 0.29) is 19.3 Å². The van der Waals surface area contributed by atoms with Crippen LogP contribution in [0, 0.1) is 0 Å². The number of unbranched alkanes of at least 4 members (excludes halogenated alkanes) is 36. The molecule has 0 aromatic heterocycles. The average Bonchev–Trinajstić information content (AvgIpc) is 0.898. The molecule has 0 saturated heterocycles. The zero-order valence-electron chi connectivity index (χ0n) is 77.5. The number of rotatable bonds is 91. The fourth-order valence-corrected chi connectivity index (χ4v) is 14.6. The molecule has 5 unspecified atom stereocenters. The summed E-state index contributed by atoms with van der Waals surface area (Å²) in [6, 6.07) is 0. The Kier molecular flexibility index (Phi) is 91.1. The minimum Gasteiger partial charge on any atom is -0.463 e. The first kappa shape index (κ1) is 117. The largest absolute Gasteiger partial charge is 0.472 e. The minimum atomic E-state index is -4.95. The van der Waals surface area contributed by atoms with Crippen LogP contribution in [-0.2, 0) is 55.8 Å². The highest BCUT2D eigenvalue weighted by atomic mass is 31.2. The van der Waals surface area contributed by atoms with Crippen molar-refractivity contribution in [3.63, 3.8) is 0 Å². The van der Waals surface area contributed by atoms with Crippen LogP contribution in [0.3, 0.4) is 0 Å². The molecule has 16 nitrogen and oxygen atoms in total. The van der Waals surface area contributed by atoms with Crippen molar-refractivity contribution >= 4 is 33.6 Å². The summed E-state index contributed by atoms with van der Waals surface area (Å²) >= 11 is 0. The van der Waals surface area contributed by atoms with Gasteiger partial charge >= 0.3 is 33.6 Å². The van der Waals surface area contributed by atoms with Crippen LogP contribution in [0.4, 0.5) is 0 Å². The number of phosphoric ester groups is 2. The Morgan fingerprint density at radius 3 is 0.683 bits per heavy atom. The second-order valence-electron chi connectivity index (χ2n) is 32.1. The molecule has 0 aliphatic rings. The quantitative estimate of drug-likeness (QED) is 0.0146. The third-order valence-electron chi connectivity index (χ3n) is 20.3. The van der Waals surface area contributed by atoms with E-state index in [2.05, 4.69) is 215 Å². The monoisotopic (exact) mass is 1760 g/mol. The Balaban J connectivity index is 4.65. The van der Waals surface area contributed by atoms with Crippen LogP contribution < -0.4 is 0 Å². The van der Waals surface area contributed by atoms with Crippen molar-refractivity contribution in [1.29, 1.82) is 0 Å². The van der Waals surface area contributed by atoms with E-state index in [1.807, 2.05) is 0 Å². The summed E-state index contributed by atoms with van der Waals surface area (Å²) in [5.41, 5.74) is 0. The number of carbonyl (C=O) groups is 3. The van der Waals surface area contributed by atoms with Gasteiger partial charge in [0.05, 0.1) is 26.4 Å². The van der Waals surface area contributed by atoms with Gasteiger partial charge in [-0.3, -0.25) is 32.5 Å². The second-order valence-corrected chi connectivity index (χ2v) is 35.0. The van der Waals surface area contributed by atoms with E-state index in [9.17, 15) is 43.5 Å². The van der Waals surface area contributed by atoms with Gasteiger partial charge in [0.2, 0.25) is 0 Å². The molecule has 0 rings (SSSR count). The standard InChI is InChI=1S/C105H176O16P2/c1-4-7-10-13-16-19-22-25-28-31-34-37-40-43-45-47-49-51-53-56-58-61-64-67-70-73-76-79-82-85-88-91-103(108)115-94-100(106)95-117-122(111,112)118-96-101(107)97-119-123(113,114)120-99-102(121-105(110)93-90-87-84-81-78-75-72-69-66-63-60-55-42-39-36-33-30-27-24-21-18-15-12-9-6-3)98-116-104(109)92-89-86-83-80-77-74-71-68-65-62-59-57-54-52-50-48-46-44-41-38-35-32-29-26-23-20-17-14-11-8-5-2/h7-8,10-11,16-21,25-30,34-39,43-46,49-52,55,60,100-102,106-107H,4-6,9,12-15,22-24,31-33,40-42,47-48,53-54,56-59,61-99H2,1-3H3,(H,111,112)(H,113,114)/b10-7-,11-8-,19-16-,20-17-,21-18-,28-25-,29-26-,30-27-,37-34-,38-35-,39-36-,45-43-,46-44-,51-49-,52-50-,60-55-. The van der Waals surface area contributed by atoms with E-state index >= 15 is 0 Å². The molecule has 4 N–H and O–H groups in total. The maximum atomic E-state index is 13.1. The Morgan fingerprint density at radius 2 is 0.431 bits per heavy atom. The fourth-order valence-electron chi connectivity index (χ4n) is 13.0. The topological polar surface area (TPSA) is 231 Å². The lowest BCUT2D eigenvalue weighted by Crippen LogP contribution is -2.30. The molecule has 18 heteroatoms. The Labute approximate surface area is 750 Å². The van der Waals surface area contributed by atoms with Crippen LogP contribution in [0.15, 0.2) is 194 Å². The number of allylic oxidation sites excluding steroid dienone is 32. The normalized spacial score (nSPS) is 14.6. The van der Waals surface area contributed by atoms with Crippen LogP contribution in [0.25, 0.3) is 0 Å². The SMILES string of the molecule is CC/C=C\C/C=C\C/C=C\C/C=C\C/C=C\C/C=C\CCCCCCCCCCCCCCC(=O)OCC(O)COP(=O)(O)OCC(O)COP(=O)(O)OCC(COC(=O)CCCCCCCCCCCCCC/C=C\C/C=C\C/C=C\C/C=C\C/C=C\C/C=C\CC)OC(=O)CCCCCCCCCCC/C=C\C/C=C\C/C=C\C/C=C\CCCCC. The molecule has 0 heterocycles. The lowest BCUT2D eigenvalue weighted by atomic mass is 10.0. The predicted octanol–water partition coefficient (Wildman–Crippen LogP) is 30.6. The lowest BCUT2D eigenvalue weighted by Gasteiger charge is -2.21. The van der Waals surface area contributed by atoms with Crippen molar-refractivity contribution in [2.75, 3.05) is 39.6 Å². The van der Waals surface area contributed by atoms with Gasteiger partial charge in [-0.25, -0.2) is 9.13 Å². The summed E-state index contributed by atoms with van der Waals surface area (Å²) in [5, 5.41) is 20.8. The van der Waals surface area contributed by atoms with Crippen LogP contribution >= 0.6 is 15.6 Å². The van der Waals surface area contributed by atoms with Gasteiger partial charge in [0.25, 0.3) is 0 Å². The third-order valence-corrected chi connectivity index (χ3v) is 22.2. The van der Waals surface area contributed by atoms with Crippen LogP contribution in [0.1, 0.15) is 393 Å². The molecule has 0 aromatic rings. The van der Waals surface area contributed by atoms with E-state index in [1.54, 1.807) is 0 Å². The highest BCUT2D eigenvalue weighted by Gasteiger charge is 2.30. The first-order valence-electron chi connectivity index (χ1n) is 48.7. The molecule has 0 saturated carbocycles. The summed E-state index contributed by atoms with van der Waals surface area (Å²) in [4.78, 5) is 59.1. The van der Waals surface area contributed by atoms with Gasteiger partial charge in [-0.2, -0.15) is 0 Å². The van der Waals surface area contributed by atoms with Crippen LogP contribution in [-0.4, -0.2) is 95.9 Å². The van der Waals surface area contributed by atoms with E-state index < -0.39 is 91.5 Å². The number of phosphoric acid groups is 2. The molecule has 5 atom stereocenters. The Hall–Kier alpha value is -5.61. The number of carbonyl (C=O) groups excluding carboxylic acids is 3. The molecular weight excluding hydrogens is 1580 g/mol. The second kappa shape index (κ2) is 95.5. The van der Waals surface area contributed by atoms with Gasteiger partial charge in [-0.1, -0.05) is 401 Å². The van der Waals surface area contributed by atoms with Crippen molar-refractivity contribution in [2.24, 2.45) is 0 Å². The maximum Gasteiger partial charge on any atom is 0.472 e. The highest BCUT2D eigenvalue weighted by molar-refractivity contribution is 7.47. The number of ether oxygens (including phenoxy) is 3. The third kappa shape index (κ3) is 96.9. The number of aliphatic hydroxyl groups excluding tert-OH is 2. The lowest BCUT2D eigenvalue weighted by molar-refractivity contribution is -0.161. The zero-order chi connectivity index (χ0) is 89.3. The molecule has 702 valence electrons. The summed E-state index contributed by atoms with van der Waals surface area (Å²) in [6.07, 6.45) is 128. The molecule has 0 aliphatic heterocycles. The zero-order valence-corrected chi connectivity index (χ0v) is 79.3. The molecule has 0 aromatic carbocycles. The van der Waals surface area contributed by atoms with Gasteiger partial charge in [0.1, 0.15) is 25.4 Å². The van der Waals surface area contributed by atoms with Crippen LogP contribution in [0.5, 0.6) is 0 Å². The number of hydrogen-bond acceptors (Lipinski definition) is 14. The van der Waals surface area contributed by atoms with Crippen molar-refractivity contribution in [3.05, 3.63) is 194 Å². The molecule has 0 bridgehead atoms. The van der Waals surface area contributed by atoms with Crippen molar-refractivity contribution in [1.82, 2.24) is 0 Å². The first-order valence-corrected chi connectivity index (χ1v) is 51.7. The maximum absolute atomic E-state index is 13.1. The van der Waals surface area contributed by atoms with Crippen molar-refractivity contribution in [2.45, 2.75) is 411 Å². The van der Waals surface area contributed by atoms with Crippen molar-refractivity contribution < 1.29 is 75.8 Å². The smallest absolute Gasteiger partial charge is 0.463 e. The van der Waals surface area contributed by atoms with Gasteiger partial charge in [0, 0.05) is 19.3 Å². The summed E-state index contributed by atoms with van der Waals surface area (Å²) < 4.78 is 61.6. The van der Waals surface area contributed by atoms with Gasteiger partial charge in [-0.15, -0.1) is 0 Å². The van der Waals surface area contributed by atoms with Gasteiger partial charge in [0.15, 0.2) is 6.10 Å². The molecule has 0 amide bonds. The first-order chi connectivity index (χ1) is 60.2. The highest BCUT2D eigenvalue weighted by Crippen LogP contribution is 2.45. The van der Waals surface area contributed by atoms with Gasteiger partial charge in [-0.05, 0) is 167 Å². The van der Waals surface area contributed by atoms with Crippen molar-refractivity contribution in [3.8, 4) is 0 Å². The number of aliphatic hydroxyl groups is 2. The average molecular weight is 1760 g/mol. The molecule has 123 heavy (non-hydrogen) atoms. The van der Waals surface area contributed by atoms with E-state index in [0.717, 1.165) is 186 Å². The van der Waals surface area contributed by atoms with Gasteiger partial charge < -0.3 is 34.2 Å². The number of esters is 3. The fraction of sp³-hybridized carbons (Fsp3) is 0.667. The van der Waals surface area contributed by atoms with E-state index in [4.69, 9.17) is 32.3 Å². The van der Waals surface area contributed by atoms with E-state index in [1.165, 1.54) is 148 Å². The molecule has 0 radical (unpaired) electrons. The summed E-state index contributed by atoms with van der Waals surface area (Å²) in [7, 11) is -9.82. The van der Waals surface area contributed by atoms with Crippen LogP contribution in [0.2, 0.25) is 0 Å². The Bertz CT molecular complexity index is 3020. The molecular formula is C105H176O16P2. The Morgan fingerprint density at radius 1 is 0.236 bits per heavy atom. The summed E-state index contributed by atoms with van der Waals surface area (Å²) in [6.45, 7) is 2.46. The predicted molar refractivity (Wildman–Crippen MR) is 518 cm³/mol. The minimum absolute atomic E-state index is 0.0920. The number of hydrogen-bond donors (Lipinski definition) is 4. The molecule has 0 spiro atoms. The summed E-state index contributed by atoms with van der Waals surface area (Å²) in [5.74, 6) is -1.58. The van der Waals surface area contributed by atoms with E-state index in [0.29, 0.717) is 19.3 Å². The molecule has 0 aliphatic carbocycles. The molecule has 0 fully saturated rings.